The van der Waals surface area contributed by atoms with E-state index in [0.29, 0.717) is 17.8 Å². The van der Waals surface area contributed by atoms with Crippen molar-refractivity contribution >= 4 is 23.2 Å². The monoisotopic (exact) mass is 397 g/mol. The van der Waals surface area contributed by atoms with Gasteiger partial charge in [0, 0.05) is 37.1 Å². The molecule has 1 fully saturated rings. The Morgan fingerprint density at radius 2 is 1.79 bits per heavy atom. The van der Waals surface area contributed by atoms with Crippen LogP contribution in [0.2, 0.25) is 0 Å². The first-order valence-corrected chi connectivity index (χ1v) is 9.80. The van der Waals surface area contributed by atoms with Crippen molar-refractivity contribution in [2.45, 2.75) is 0 Å². The molecule has 0 atom stereocenters. The van der Waals surface area contributed by atoms with Crippen LogP contribution in [0.4, 0.5) is 11.4 Å². The normalized spacial score (nSPS) is 14.4. The average molecular weight is 397 g/mol. The molecule has 0 radical (unpaired) electrons. The van der Waals surface area contributed by atoms with Gasteiger partial charge < -0.3 is 24.8 Å². The number of methoxy groups -OCH3 is 1. The molecule has 7 heteroatoms. The van der Waals surface area contributed by atoms with E-state index in [9.17, 15) is 9.59 Å². The molecule has 0 aromatic heterocycles. The molecule has 29 heavy (non-hydrogen) atoms. The molecule has 154 valence electrons. The number of ether oxygens (including phenoxy) is 1. The van der Waals surface area contributed by atoms with Crippen LogP contribution < -0.4 is 19.9 Å². The molecule has 2 aromatic rings. The number of carbonyl (C=O) groups is 2. The Bertz CT molecular complexity index is 843. The molecule has 1 aliphatic heterocycles. The lowest BCUT2D eigenvalue weighted by atomic mass is 10.2. The molecular weight excluding hydrogens is 368 g/mol. The van der Waals surface area contributed by atoms with Crippen molar-refractivity contribution in [3.05, 3.63) is 54.1 Å². The zero-order chi connectivity index (χ0) is 20.8. The van der Waals surface area contributed by atoms with Crippen LogP contribution in [-0.2, 0) is 4.79 Å². The predicted molar refractivity (Wildman–Crippen MR) is 114 cm³/mol. The Labute approximate surface area is 171 Å². The van der Waals surface area contributed by atoms with Gasteiger partial charge in [-0.3, -0.25) is 9.59 Å². The minimum Gasteiger partial charge on any atom is -0.497 e. The molecule has 0 bridgehead atoms. The number of rotatable bonds is 6. The van der Waals surface area contributed by atoms with Crippen LogP contribution in [0.3, 0.4) is 0 Å². The summed E-state index contributed by atoms with van der Waals surface area (Å²) >= 11 is 0. The standard InChI is InChI=1S/C22H28N4O3/c1-24(2)22(28)17-7-9-18(10-8-17)23-21(27)16-25-11-13-26(14-12-25)19-5-4-6-20(15-19)29-3/h4-10,15H,11-14,16H2,1-3H3,(H,23,27)/p+1. The van der Waals surface area contributed by atoms with Crippen LogP contribution in [0, 0.1) is 0 Å². The van der Waals surface area contributed by atoms with Crippen LogP contribution in [-0.4, -0.2) is 70.6 Å². The average Bonchev–Trinajstić information content (AvgIpc) is 2.74. The third-order valence-corrected chi connectivity index (χ3v) is 5.12. The van der Waals surface area contributed by atoms with Gasteiger partial charge in [-0.25, -0.2) is 0 Å². The highest BCUT2D eigenvalue weighted by atomic mass is 16.5. The van der Waals surface area contributed by atoms with Crippen molar-refractivity contribution in [1.29, 1.82) is 0 Å². The van der Waals surface area contributed by atoms with Crippen LogP contribution >= 0.6 is 0 Å². The van der Waals surface area contributed by atoms with Crippen molar-refractivity contribution in [2.75, 3.05) is 64.1 Å². The Hall–Kier alpha value is -3.06. The van der Waals surface area contributed by atoms with Gasteiger partial charge in [0.25, 0.3) is 11.8 Å². The number of quaternary nitrogens is 1. The summed E-state index contributed by atoms with van der Waals surface area (Å²) in [5, 5.41) is 2.93. The lowest BCUT2D eigenvalue weighted by Gasteiger charge is -2.33. The first kappa shape index (κ1) is 20.7. The third-order valence-electron chi connectivity index (χ3n) is 5.12. The van der Waals surface area contributed by atoms with Gasteiger partial charge in [0.15, 0.2) is 6.54 Å². The maximum atomic E-state index is 12.4. The van der Waals surface area contributed by atoms with Gasteiger partial charge in [-0.2, -0.15) is 0 Å². The molecule has 0 saturated carbocycles. The summed E-state index contributed by atoms with van der Waals surface area (Å²) in [5.41, 5.74) is 2.47. The summed E-state index contributed by atoms with van der Waals surface area (Å²) in [7, 11) is 5.11. The van der Waals surface area contributed by atoms with Gasteiger partial charge in [0.2, 0.25) is 0 Å². The van der Waals surface area contributed by atoms with Crippen molar-refractivity contribution in [1.82, 2.24) is 4.90 Å². The predicted octanol–water partition coefficient (Wildman–Crippen LogP) is 0.741. The maximum Gasteiger partial charge on any atom is 0.279 e. The summed E-state index contributed by atoms with van der Waals surface area (Å²) in [6.45, 7) is 4.04. The molecule has 0 unspecified atom stereocenters. The largest absolute Gasteiger partial charge is 0.497 e. The molecule has 7 nitrogen and oxygen atoms in total. The second-order valence-electron chi connectivity index (χ2n) is 7.44. The fourth-order valence-corrected chi connectivity index (χ4v) is 3.45. The molecule has 0 spiro atoms. The molecule has 1 aliphatic rings. The van der Waals surface area contributed by atoms with E-state index in [2.05, 4.69) is 16.3 Å². The van der Waals surface area contributed by atoms with Gasteiger partial charge in [-0.15, -0.1) is 0 Å². The van der Waals surface area contributed by atoms with E-state index in [-0.39, 0.29) is 11.8 Å². The van der Waals surface area contributed by atoms with Crippen molar-refractivity contribution in [2.24, 2.45) is 0 Å². The number of hydrogen-bond acceptors (Lipinski definition) is 4. The van der Waals surface area contributed by atoms with E-state index >= 15 is 0 Å². The lowest BCUT2D eigenvalue weighted by molar-refractivity contribution is -0.892. The highest BCUT2D eigenvalue weighted by molar-refractivity contribution is 5.95. The number of nitrogens with zero attached hydrogens (tertiary/aromatic N) is 2. The number of hydrogen-bond donors (Lipinski definition) is 2. The van der Waals surface area contributed by atoms with E-state index in [1.807, 2.05) is 18.2 Å². The fraction of sp³-hybridized carbons (Fsp3) is 0.364. The van der Waals surface area contributed by atoms with Crippen molar-refractivity contribution < 1.29 is 19.2 Å². The van der Waals surface area contributed by atoms with E-state index in [0.717, 1.165) is 37.6 Å². The fourth-order valence-electron chi connectivity index (χ4n) is 3.45. The van der Waals surface area contributed by atoms with Gasteiger partial charge in [0.05, 0.1) is 33.3 Å². The second kappa shape index (κ2) is 9.43. The number of amides is 2. The Morgan fingerprint density at radius 3 is 2.41 bits per heavy atom. The number of nitrogens with one attached hydrogen (secondary N) is 2. The number of benzene rings is 2. The number of piperazine rings is 1. The van der Waals surface area contributed by atoms with Crippen molar-refractivity contribution in [3.63, 3.8) is 0 Å². The van der Waals surface area contributed by atoms with E-state index < -0.39 is 0 Å². The molecule has 1 saturated heterocycles. The first-order chi connectivity index (χ1) is 14.0. The van der Waals surface area contributed by atoms with Crippen LogP contribution in [0.25, 0.3) is 0 Å². The topological polar surface area (TPSA) is 66.3 Å². The van der Waals surface area contributed by atoms with E-state index in [4.69, 9.17) is 4.74 Å². The van der Waals surface area contributed by atoms with Gasteiger partial charge >= 0.3 is 0 Å². The van der Waals surface area contributed by atoms with Crippen LogP contribution in [0.5, 0.6) is 5.75 Å². The van der Waals surface area contributed by atoms with Gasteiger partial charge in [-0.1, -0.05) is 6.07 Å². The Balaban J connectivity index is 1.48. The number of carbonyl (C=O) groups excluding carboxylic acids is 2. The third kappa shape index (κ3) is 5.48. The summed E-state index contributed by atoms with van der Waals surface area (Å²) in [6, 6.07) is 15.1. The first-order valence-electron chi connectivity index (χ1n) is 9.80. The van der Waals surface area contributed by atoms with Gasteiger partial charge in [0.1, 0.15) is 5.75 Å². The molecular formula is C22H29N4O3+. The smallest absolute Gasteiger partial charge is 0.279 e. The second-order valence-corrected chi connectivity index (χ2v) is 7.44. The minimum absolute atomic E-state index is 0.0125. The summed E-state index contributed by atoms with van der Waals surface area (Å²) in [4.78, 5) is 29.5. The molecule has 2 N–H and O–H groups in total. The zero-order valence-electron chi connectivity index (χ0n) is 17.3. The quantitative estimate of drug-likeness (QED) is 0.755. The van der Waals surface area contributed by atoms with Crippen LogP contribution in [0.1, 0.15) is 10.4 Å². The molecule has 2 aromatic carbocycles. The molecule has 1 heterocycles. The molecule has 0 aliphatic carbocycles. The number of anilines is 2. The lowest BCUT2D eigenvalue weighted by Crippen LogP contribution is -3.15. The maximum absolute atomic E-state index is 12.4. The molecule has 3 rings (SSSR count). The zero-order valence-corrected chi connectivity index (χ0v) is 17.3. The summed E-state index contributed by atoms with van der Waals surface area (Å²) in [6.07, 6.45) is 0. The summed E-state index contributed by atoms with van der Waals surface area (Å²) in [5.74, 6) is 0.790. The van der Waals surface area contributed by atoms with Crippen molar-refractivity contribution in [3.8, 4) is 5.75 Å². The highest BCUT2D eigenvalue weighted by Gasteiger charge is 2.22. The van der Waals surface area contributed by atoms with Crippen LogP contribution in [0.15, 0.2) is 48.5 Å². The summed E-state index contributed by atoms with van der Waals surface area (Å²) < 4.78 is 5.30. The molecule has 2 amide bonds. The minimum atomic E-state index is -0.0544. The SMILES string of the molecule is COc1cccc(N2CC[NH+](CC(=O)Nc3ccc(C(=O)N(C)C)cc3)CC2)c1. The van der Waals surface area contributed by atoms with Gasteiger partial charge in [-0.05, 0) is 36.4 Å². The van der Waals surface area contributed by atoms with E-state index in [1.54, 1.807) is 45.5 Å². The van der Waals surface area contributed by atoms with E-state index in [1.165, 1.54) is 9.80 Å². The Morgan fingerprint density at radius 1 is 1.10 bits per heavy atom. The highest BCUT2D eigenvalue weighted by Crippen LogP contribution is 2.20. The Kier molecular flexibility index (Phi) is 6.72.